The summed E-state index contributed by atoms with van der Waals surface area (Å²) in [4.78, 5) is 14.7. The first-order valence-corrected chi connectivity index (χ1v) is 7.98. The lowest BCUT2D eigenvalue weighted by atomic mass is 9.94. The number of amides is 1. The number of aromatic nitrogens is 2. The number of aromatic amines is 1. The van der Waals surface area contributed by atoms with E-state index in [1.54, 1.807) is 6.20 Å². The van der Waals surface area contributed by atoms with Gasteiger partial charge in [0.25, 0.3) is 5.91 Å². The summed E-state index contributed by atoms with van der Waals surface area (Å²) in [6.45, 7) is 1.73. The number of fused-ring (bicyclic) bond motifs is 1. The molecule has 1 fully saturated rings. The van der Waals surface area contributed by atoms with Crippen LogP contribution in [0.25, 0.3) is 0 Å². The molecular formula is C17H19N3O3. The van der Waals surface area contributed by atoms with E-state index in [9.17, 15) is 4.79 Å². The number of likely N-dealkylation sites (tertiary alicyclic amines) is 1. The van der Waals surface area contributed by atoms with Gasteiger partial charge >= 0.3 is 0 Å². The van der Waals surface area contributed by atoms with Crippen LogP contribution >= 0.6 is 0 Å². The van der Waals surface area contributed by atoms with Gasteiger partial charge in [-0.3, -0.25) is 9.89 Å². The van der Waals surface area contributed by atoms with Gasteiger partial charge in [-0.2, -0.15) is 5.10 Å². The van der Waals surface area contributed by atoms with Gasteiger partial charge in [-0.25, -0.2) is 0 Å². The molecule has 23 heavy (non-hydrogen) atoms. The standard InChI is InChI=1S/C17H19N3O3/c21-17(16-11-22-14-5-1-2-6-15(14)23-16)20-9-3-4-12(10-20)13-7-8-18-19-13/h1-2,5-8,12,16H,3-4,9-11H2,(H,18,19). The number of hydrogen-bond donors (Lipinski definition) is 1. The predicted octanol–water partition coefficient (Wildman–Crippen LogP) is 1.96. The number of piperidine rings is 1. The second-order valence-electron chi connectivity index (χ2n) is 6.00. The molecule has 1 N–H and O–H groups in total. The minimum atomic E-state index is -0.564. The highest BCUT2D eigenvalue weighted by molar-refractivity contribution is 5.82. The second kappa shape index (κ2) is 5.95. The Morgan fingerprint density at radius 1 is 1.26 bits per heavy atom. The number of rotatable bonds is 2. The van der Waals surface area contributed by atoms with Gasteiger partial charge in [-0.05, 0) is 31.0 Å². The Kier molecular flexibility index (Phi) is 3.65. The zero-order valence-electron chi connectivity index (χ0n) is 12.8. The van der Waals surface area contributed by atoms with E-state index in [0.717, 1.165) is 25.1 Å². The highest BCUT2D eigenvalue weighted by Crippen LogP contribution is 2.32. The summed E-state index contributed by atoms with van der Waals surface area (Å²) in [5.74, 6) is 1.65. The highest BCUT2D eigenvalue weighted by Gasteiger charge is 2.34. The summed E-state index contributed by atoms with van der Waals surface area (Å²) < 4.78 is 11.5. The summed E-state index contributed by atoms with van der Waals surface area (Å²) in [6, 6.07) is 9.44. The van der Waals surface area contributed by atoms with Crippen molar-refractivity contribution in [3.63, 3.8) is 0 Å². The van der Waals surface area contributed by atoms with E-state index in [2.05, 4.69) is 10.2 Å². The van der Waals surface area contributed by atoms with Crippen LogP contribution in [0.1, 0.15) is 24.5 Å². The Morgan fingerprint density at radius 3 is 2.96 bits per heavy atom. The van der Waals surface area contributed by atoms with Crippen molar-refractivity contribution in [3.8, 4) is 11.5 Å². The molecule has 2 aromatic rings. The van der Waals surface area contributed by atoms with Gasteiger partial charge in [0.15, 0.2) is 11.5 Å². The number of carbonyl (C=O) groups excluding carboxylic acids is 1. The van der Waals surface area contributed by atoms with E-state index in [4.69, 9.17) is 9.47 Å². The van der Waals surface area contributed by atoms with Crippen LogP contribution in [0.15, 0.2) is 36.5 Å². The zero-order valence-corrected chi connectivity index (χ0v) is 12.8. The molecule has 1 aromatic carbocycles. The van der Waals surface area contributed by atoms with E-state index < -0.39 is 6.10 Å². The van der Waals surface area contributed by atoms with Crippen LogP contribution in [-0.4, -0.2) is 46.8 Å². The number of ether oxygens (including phenoxy) is 2. The van der Waals surface area contributed by atoms with Gasteiger partial charge in [0, 0.05) is 30.9 Å². The summed E-state index contributed by atoms with van der Waals surface area (Å²) in [6.07, 6.45) is 3.24. The highest BCUT2D eigenvalue weighted by atomic mass is 16.6. The summed E-state index contributed by atoms with van der Waals surface area (Å²) in [5.41, 5.74) is 1.09. The monoisotopic (exact) mass is 313 g/mol. The van der Waals surface area contributed by atoms with Crippen molar-refractivity contribution < 1.29 is 14.3 Å². The predicted molar refractivity (Wildman–Crippen MR) is 83.5 cm³/mol. The average Bonchev–Trinajstić information content (AvgIpc) is 3.15. The molecule has 6 heteroatoms. The fourth-order valence-corrected chi connectivity index (χ4v) is 3.27. The van der Waals surface area contributed by atoms with Gasteiger partial charge in [0.1, 0.15) is 6.61 Å². The third-order valence-corrected chi connectivity index (χ3v) is 4.48. The third kappa shape index (κ3) is 2.76. The molecular weight excluding hydrogens is 294 g/mol. The Hall–Kier alpha value is -2.50. The fourth-order valence-electron chi connectivity index (χ4n) is 3.27. The molecule has 0 bridgehead atoms. The third-order valence-electron chi connectivity index (χ3n) is 4.48. The van der Waals surface area contributed by atoms with E-state index in [1.165, 1.54) is 0 Å². The van der Waals surface area contributed by atoms with Crippen LogP contribution in [0.5, 0.6) is 11.5 Å². The first-order valence-electron chi connectivity index (χ1n) is 7.98. The number of para-hydroxylation sites is 2. The number of benzene rings is 1. The molecule has 0 saturated carbocycles. The van der Waals surface area contributed by atoms with Crippen molar-refractivity contribution in [3.05, 3.63) is 42.2 Å². The first-order chi connectivity index (χ1) is 11.3. The molecule has 1 saturated heterocycles. The average molecular weight is 313 g/mol. The van der Waals surface area contributed by atoms with Crippen LogP contribution < -0.4 is 9.47 Å². The van der Waals surface area contributed by atoms with Crippen molar-refractivity contribution >= 4 is 5.91 Å². The first kappa shape index (κ1) is 14.1. The lowest BCUT2D eigenvalue weighted by molar-refractivity contribution is -0.142. The molecule has 0 spiro atoms. The molecule has 0 radical (unpaired) electrons. The minimum Gasteiger partial charge on any atom is -0.485 e. The van der Waals surface area contributed by atoms with Crippen LogP contribution in [0.3, 0.4) is 0 Å². The largest absolute Gasteiger partial charge is 0.485 e. The van der Waals surface area contributed by atoms with Crippen LogP contribution in [0.2, 0.25) is 0 Å². The number of nitrogens with one attached hydrogen (secondary N) is 1. The van der Waals surface area contributed by atoms with Crippen LogP contribution in [0, 0.1) is 0 Å². The van der Waals surface area contributed by atoms with Crippen molar-refractivity contribution in [1.29, 1.82) is 0 Å². The van der Waals surface area contributed by atoms with Gasteiger partial charge < -0.3 is 14.4 Å². The Balaban J connectivity index is 1.45. The molecule has 6 nitrogen and oxygen atoms in total. The SMILES string of the molecule is O=C(C1COc2ccccc2O1)N1CCCC(c2ccn[nH]2)C1. The smallest absolute Gasteiger partial charge is 0.267 e. The van der Waals surface area contributed by atoms with Crippen molar-refractivity contribution in [1.82, 2.24) is 15.1 Å². The van der Waals surface area contributed by atoms with Gasteiger partial charge in [-0.15, -0.1) is 0 Å². The van der Waals surface area contributed by atoms with Gasteiger partial charge in [0.2, 0.25) is 6.10 Å². The molecule has 0 aliphatic carbocycles. The Labute approximate surface area is 134 Å². The van der Waals surface area contributed by atoms with Crippen molar-refractivity contribution in [2.45, 2.75) is 24.9 Å². The van der Waals surface area contributed by atoms with E-state index in [0.29, 0.717) is 24.0 Å². The van der Waals surface area contributed by atoms with Crippen molar-refractivity contribution in [2.75, 3.05) is 19.7 Å². The molecule has 1 aromatic heterocycles. The van der Waals surface area contributed by atoms with Gasteiger partial charge in [0.05, 0.1) is 0 Å². The molecule has 2 aliphatic heterocycles. The summed E-state index contributed by atoms with van der Waals surface area (Å²) >= 11 is 0. The molecule has 3 heterocycles. The Bertz CT molecular complexity index is 686. The topological polar surface area (TPSA) is 67.5 Å². The number of hydrogen-bond acceptors (Lipinski definition) is 4. The van der Waals surface area contributed by atoms with Crippen molar-refractivity contribution in [2.24, 2.45) is 0 Å². The fraction of sp³-hybridized carbons (Fsp3) is 0.412. The maximum Gasteiger partial charge on any atom is 0.267 e. The maximum absolute atomic E-state index is 12.8. The van der Waals surface area contributed by atoms with E-state index in [1.807, 2.05) is 35.2 Å². The van der Waals surface area contributed by atoms with Gasteiger partial charge in [-0.1, -0.05) is 12.1 Å². The molecule has 4 rings (SSSR count). The lowest BCUT2D eigenvalue weighted by Crippen LogP contribution is -2.49. The van der Waals surface area contributed by atoms with E-state index in [-0.39, 0.29) is 12.5 Å². The van der Waals surface area contributed by atoms with Crippen LogP contribution in [0.4, 0.5) is 0 Å². The number of carbonyl (C=O) groups is 1. The minimum absolute atomic E-state index is 0.00344. The lowest BCUT2D eigenvalue weighted by Gasteiger charge is -2.35. The molecule has 2 unspecified atom stereocenters. The summed E-state index contributed by atoms with van der Waals surface area (Å²) in [7, 11) is 0. The maximum atomic E-state index is 12.8. The quantitative estimate of drug-likeness (QED) is 0.920. The van der Waals surface area contributed by atoms with E-state index >= 15 is 0 Å². The van der Waals surface area contributed by atoms with Crippen LogP contribution in [-0.2, 0) is 4.79 Å². The second-order valence-corrected chi connectivity index (χ2v) is 6.00. The summed E-state index contributed by atoms with van der Waals surface area (Å²) in [5, 5.41) is 7.02. The molecule has 120 valence electrons. The molecule has 2 atom stereocenters. The Morgan fingerprint density at radius 2 is 2.13 bits per heavy atom. The molecule has 2 aliphatic rings. The molecule has 1 amide bonds. The zero-order chi connectivity index (χ0) is 15.6. The number of nitrogens with zero attached hydrogens (tertiary/aromatic N) is 2. The number of H-pyrrole nitrogens is 1. The normalized spacial score (nSPS) is 23.6.